The number of esters is 1. The zero-order valence-corrected chi connectivity index (χ0v) is 16.6. The Morgan fingerprint density at radius 1 is 0.815 bits per heavy atom. The standard InChI is InChI=1S/C21H15Cl3O3/c1-13(26-20-12-18(23)17(22)11-19(20)24)21(25)27-16-9-7-15(8-10-16)14-5-3-2-4-6-14/h2-13H,1H3. The maximum Gasteiger partial charge on any atom is 0.352 e. The summed E-state index contributed by atoms with van der Waals surface area (Å²) in [5.74, 6) is 0.134. The predicted molar refractivity (Wildman–Crippen MR) is 109 cm³/mol. The van der Waals surface area contributed by atoms with E-state index < -0.39 is 12.1 Å². The first-order valence-corrected chi connectivity index (χ1v) is 9.26. The highest BCUT2D eigenvalue weighted by Crippen LogP contribution is 2.34. The molecule has 0 saturated carbocycles. The van der Waals surface area contributed by atoms with Gasteiger partial charge in [-0.1, -0.05) is 77.3 Å². The van der Waals surface area contributed by atoms with Crippen LogP contribution in [0.1, 0.15) is 6.92 Å². The number of benzene rings is 3. The third-order valence-corrected chi connectivity index (χ3v) is 4.81. The minimum absolute atomic E-state index is 0.259. The molecule has 0 saturated heterocycles. The van der Waals surface area contributed by atoms with Crippen molar-refractivity contribution in [2.45, 2.75) is 13.0 Å². The van der Waals surface area contributed by atoms with E-state index in [1.807, 2.05) is 42.5 Å². The summed E-state index contributed by atoms with van der Waals surface area (Å²) in [5.41, 5.74) is 2.11. The molecule has 3 rings (SSSR count). The summed E-state index contributed by atoms with van der Waals surface area (Å²) in [6.45, 7) is 1.57. The summed E-state index contributed by atoms with van der Waals surface area (Å²) >= 11 is 17.9. The zero-order chi connectivity index (χ0) is 19.4. The summed E-state index contributed by atoms with van der Waals surface area (Å²) in [6.07, 6.45) is -0.881. The Kier molecular flexibility index (Phi) is 6.27. The molecule has 0 N–H and O–H groups in total. The van der Waals surface area contributed by atoms with Crippen LogP contribution in [-0.2, 0) is 4.79 Å². The second-order valence-electron chi connectivity index (χ2n) is 5.77. The first kappa shape index (κ1) is 19.6. The molecule has 0 radical (unpaired) electrons. The Hall–Kier alpha value is -2.20. The minimum Gasteiger partial charge on any atom is -0.477 e. The van der Waals surface area contributed by atoms with Crippen LogP contribution in [0.2, 0.25) is 15.1 Å². The van der Waals surface area contributed by atoms with Crippen LogP contribution in [0.5, 0.6) is 11.5 Å². The smallest absolute Gasteiger partial charge is 0.352 e. The van der Waals surface area contributed by atoms with Crippen molar-refractivity contribution in [2.75, 3.05) is 0 Å². The second kappa shape index (κ2) is 8.66. The Morgan fingerprint density at radius 2 is 1.41 bits per heavy atom. The van der Waals surface area contributed by atoms with Crippen molar-refractivity contribution in [1.29, 1.82) is 0 Å². The van der Waals surface area contributed by atoms with Gasteiger partial charge < -0.3 is 9.47 Å². The van der Waals surface area contributed by atoms with E-state index >= 15 is 0 Å². The molecule has 0 aliphatic rings. The van der Waals surface area contributed by atoms with Gasteiger partial charge >= 0.3 is 5.97 Å². The number of ether oxygens (including phenoxy) is 2. The lowest BCUT2D eigenvalue weighted by molar-refractivity contribution is -0.141. The predicted octanol–water partition coefficient (Wildman–Crippen LogP) is 6.69. The largest absolute Gasteiger partial charge is 0.477 e. The highest BCUT2D eigenvalue weighted by atomic mass is 35.5. The van der Waals surface area contributed by atoms with E-state index in [2.05, 4.69) is 0 Å². The first-order chi connectivity index (χ1) is 12.9. The van der Waals surface area contributed by atoms with Gasteiger partial charge in [0.1, 0.15) is 11.5 Å². The van der Waals surface area contributed by atoms with Gasteiger partial charge in [0.25, 0.3) is 0 Å². The van der Waals surface area contributed by atoms with E-state index in [4.69, 9.17) is 44.3 Å². The van der Waals surface area contributed by atoms with E-state index in [1.165, 1.54) is 12.1 Å². The first-order valence-electron chi connectivity index (χ1n) is 8.12. The number of halogens is 3. The molecule has 1 unspecified atom stereocenters. The van der Waals surface area contributed by atoms with Gasteiger partial charge in [0.15, 0.2) is 6.10 Å². The van der Waals surface area contributed by atoms with Crippen molar-refractivity contribution < 1.29 is 14.3 Å². The summed E-state index contributed by atoms with van der Waals surface area (Å²) in [5, 5.41) is 0.854. The van der Waals surface area contributed by atoms with Crippen molar-refractivity contribution >= 4 is 40.8 Å². The van der Waals surface area contributed by atoms with Crippen LogP contribution in [0, 0.1) is 0 Å². The van der Waals surface area contributed by atoms with Crippen molar-refractivity contribution in [2.24, 2.45) is 0 Å². The quantitative estimate of drug-likeness (QED) is 0.262. The lowest BCUT2D eigenvalue weighted by Gasteiger charge is -2.15. The van der Waals surface area contributed by atoms with Crippen molar-refractivity contribution in [3.05, 3.63) is 81.8 Å². The molecular weight excluding hydrogens is 407 g/mol. The Bertz CT molecular complexity index is 941. The molecule has 138 valence electrons. The topological polar surface area (TPSA) is 35.5 Å². The number of rotatable bonds is 5. The highest BCUT2D eigenvalue weighted by molar-refractivity contribution is 6.43. The van der Waals surface area contributed by atoms with Crippen LogP contribution >= 0.6 is 34.8 Å². The third-order valence-electron chi connectivity index (χ3n) is 3.79. The number of carbonyl (C=O) groups excluding carboxylic acids is 1. The number of hydrogen-bond acceptors (Lipinski definition) is 3. The molecule has 0 amide bonds. The molecule has 3 aromatic carbocycles. The Morgan fingerprint density at radius 3 is 2.07 bits per heavy atom. The van der Waals surface area contributed by atoms with Crippen LogP contribution in [0.4, 0.5) is 0 Å². The molecular formula is C21H15Cl3O3. The fourth-order valence-electron chi connectivity index (χ4n) is 2.38. The monoisotopic (exact) mass is 420 g/mol. The average Bonchev–Trinajstić information content (AvgIpc) is 2.67. The fourth-order valence-corrected chi connectivity index (χ4v) is 2.96. The summed E-state index contributed by atoms with van der Waals surface area (Å²) in [7, 11) is 0. The molecule has 6 heteroatoms. The molecule has 1 atom stereocenters. The van der Waals surface area contributed by atoms with E-state index in [-0.39, 0.29) is 15.8 Å². The molecule has 0 aromatic heterocycles. The van der Waals surface area contributed by atoms with Crippen molar-refractivity contribution in [3.63, 3.8) is 0 Å². The summed E-state index contributed by atoms with van der Waals surface area (Å²) < 4.78 is 10.9. The van der Waals surface area contributed by atoms with Crippen LogP contribution in [-0.4, -0.2) is 12.1 Å². The number of hydrogen-bond donors (Lipinski definition) is 0. The maximum absolute atomic E-state index is 12.3. The molecule has 0 fully saturated rings. The average molecular weight is 422 g/mol. The molecule has 3 aromatic rings. The van der Waals surface area contributed by atoms with Crippen LogP contribution in [0.25, 0.3) is 11.1 Å². The lowest BCUT2D eigenvalue weighted by Crippen LogP contribution is -2.28. The van der Waals surface area contributed by atoms with E-state index in [0.29, 0.717) is 10.8 Å². The van der Waals surface area contributed by atoms with Gasteiger partial charge in [-0.05, 0) is 36.2 Å². The lowest BCUT2D eigenvalue weighted by atomic mass is 10.1. The molecule has 0 spiro atoms. The third kappa shape index (κ3) is 4.95. The normalized spacial score (nSPS) is 11.7. The van der Waals surface area contributed by atoms with E-state index in [9.17, 15) is 4.79 Å². The van der Waals surface area contributed by atoms with Gasteiger partial charge in [0.2, 0.25) is 0 Å². The van der Waals surface area contributed by atoms with Gasteiger partial charge in [0.05, 0.1) is 15.1 Å². The second-order valence-corrected chi connectivity index (χ2v) is 6.99. The molecule has 0 aliphatic carbocycles. The molecule has 0 bridgehead atoms. The molecule has 3 nitrogen and oxygen atoms in total. The van der Waals surface area contributed by atoms with Crippen LogP contribution < -0.4 is 9.47 Å². The SMILES string of the molecule is CC(Oc1cc(Cl)c(Cl)cc1Cl)C(=O)Oc1ccc(-c2ccccc2)cc1. The van der Waals surface area contributed by atoms with Crippen molar-refractivity contribution in [3.8, 4) is 22.6 Å². The van der Waals surface area contributed by atoms with Gasteiger partial charge in [-0.15, -0.1) is 0 Å². The van der Waals surface area contributed by atoms with E-state index in [1.54, 1.807) is 19.1 Å². The van der Waals surface area contributed by atoms with Crippen molar-refractivity contribution in [1.82, 2.24) is 0 Å². The van der Waals surface area contributed by atoms with Gasteiger partial charge in [-0.3, -0.25) is 0 Å². The fraction of sp³-hybridized carbons (Fsp3) is 0.0952. The number of carbonyl (C=O) groups is 1. The van der Waals surface area contributed by atoms with Gasteiger partial charge in [0, 0.05) is 6.07 Å². The van der Waals surface area contributed by atoms with Gasteiger partial charge in [-0.2, -0.15) is 0 Å². The Labute approximate surface area is 172 Å². The molecule has 0 heterocycles. The highest BCUT2D eigenvalue weighted by Gasteiger charge is 2.19. The molecule has 0 aliphatic heterocycles. The van der Waals surface area contributed by atoms with Crippen LogP contribution in [0.3, 0.4) is 0 Å². The maximum atomic E-state index is 12.3. The Balaban J connectivity index is 1.65. The zero-order valence-electron chi connectivity index (χ0n) is 14.3. The summed E-state index contributed by atoms with van der Waals surface area (Å²) in [4.78, 5) is 12.3. The molecule has 27 heavy (non-hydrogen) atoms. The summed E-state index contributed by atoms with van der Waals surface area (Å²) in [6, 6.07) is 20.1. The van der Waals surface area contributed by atoms with E-state index in [0.717, 1.165) is 11.1 Å². The minimum atomic E-state index is -0.881. The van der Waals surface area contributed by atoms with Gasteiger partial charge in [-0.25, -0.2) is 4.79 Å². The van der Waals surface area contributed by atoms with Crippen LogP contribution in [0.15, 0.2) is 66.7 Å².